The van der Waals surface area contributed by atoms with Gasteiger partial charge in [-0.3, -0.25) is 0 Å². The second kappa shape index (κ2) is 3.08. The Morgan fingerprint density at radius 1 is 0.714 bits per heavy atom. The van der Waals surface area contributed by atoms with Crippen LogP contribution < -0.4 is 32.6 Å². The third-order valence-corrected chi connectivity index (χ3v) is 1.25. The fraction of sp³-hybridized carbons (Fsp3) is 0. The van der Waals surface area contributed by atoms with E-state index in [4.69, 9.17) is 0 Å². The highest BCUT2D eigenvalue weighted by atomic mass is 16.2. The quantitative estimate of drug-likeness (QED) is 0.362. The zero-order valence-electron chi connectivity index (χ0n) is 6.61. The molecule has 2 rings (SSSR count). The van der Waals surface area contributed by atoms with E-state index in [0.29, 0.717) is 0 Å². The topological polar surface area (TPSA) is 135 Å². The minimum Gasteiger partial charge on any atom is -0.245 e. The van der Waals surface area contributed by atoms with Crippen LogP contribution in [-0.2, 0) is 0 Å². The molecule has 0 unspecified atom stereocenters. The van der Waals surface area contributed by atoms with E-state index in [1.54, 1.807) is 0 Å². The van der Waals surface area contributed by atoms with Crippen molar-refractivity contribution in [1.29, 1.82) is 0 Å². The van der Waals surface area contributed by atoms with Gasteiger partial charge >= 0.3 is 12.1 Å². The third-order valence-electron chi connectivity index (χ3n) is 1.25. The van der Waals surface area contributed by atoms with Crippen LogP contribution in [0.4, 0.5) is 9.59 Å². The first-order valence-corrected chi connectivity index (χ1v) is 3.45. The van der Waals surface area contributed by atoms with Crippen molar-refractivity contribution in [2.24, 2.45) is 10.2 Å². The maximum atomic E-state index is 10.6. The molecule has 14 heavy (non-hydrogen) atoms. The van der Waals surface area contributed by atoms with E-state index in [-0.39, 0.29) is 11.7 Å². The van der Waals surface area contributed by atoms with Crippen molar-refractivity contribution in [1.82, 2.24) is 32.6 Å². The largest absolute Gasteiger partial charge is 0.355 e. The van der Waals surface area contributed by atoms with Crippen LogP contribution >= 0.6 is 0 Å². The van der Waals surface area contributed by atoms with Gasteiger partial charge in [0.25, 0.3) is 0 Å². The van der Waals surface area contributed by atoms with Gasteiger partial charge in [0, 0.05) is 0 Å². The summed E-state index contributed by atoms with van der Waals surface area (Å²) in [6.45, 7) is 0. The van der Waals surface area contributed by atoms with Crippen LogP contribution in [0.3, 0.4) is 0 Å². The number of rotatable bonds is 1. The van der Waals surface area contributed by atoms with Crippen LogP contribution in [-0.4, -0.2) is 23.7 Å². The van der Waals surface area contributed by atoms with Crippen LogP contribution in [0, 0.1) is 0 Å². The number of nitrogens with one attached hydrogen (secondary N) is 4. The monoisotopic (exact) mass is 196 g/mol. The van der Waals surface area contributed by atoms with Crippen molar-refractivity contribution in [2.75, 3.05) is 0 Å². The molecule has 10 heteroatoms. The molecule has 0 aromatic carbocycles. The third kappa shape index (κ3) is 1.48. The van der Waals surface area contributed by atoms with Crippen molar-refractivity contribution in [3.8, 4) is 0 Å². The molecule has 0 bridgehead atoms. The lowest BCUT2D eigenvalue weighted by atomic mass is 10.5. The second-order valence-electron chi connectivity index (χ2n) is 2.20. The van der Waals surface area contributed by atoms with Crippen LogP contribution in [0.5, 0.6) is 0 Å². The molecule has 4 amide bonds. The molecular formula is C4H4N8O2. The number of carbonyl (C=O) groups is 2. The van der Waals surface area contributed by atoms with Gasteiger partial charge in [0.2, 0.25) is 11.7 Å². The highest BCUT2D eigenvalue weighted by Gasteiger charge is 2.22. The van der Waals surface area contributed by atoms with E-state index < -0.39 is 12.1 Å². The van der Waals surface area contributed by atoms with E-state index in [2.05, 4.69) is 42.8 Å². The normalized spacial score (nSPS) is 19.7. The molecule has 0 aliphatic carbocycles. The molecule has 4 N–H and O–H groups in total. The summed E-state index contributed by atoms with van der Waals surface area (Å²) in [5, 5.41) is 7.06. The second-order valence-corrected chi connectivity index (χ2v) is 2.20. The summed E-state index contributed by atoms with van der Waals surface area (Å²) >= 11 is 0. The van der Waals surface area contributed by atoms with Crippen molar-refractivity contribution in [3.05, 3.63) is 0 Å². The minimum atomic E-state index is -0.554. The fourth-order valence-electron chi connectivity index (χ4n) is 0.715. The van der Waals surface area contributed by atoms with Gasteiger partial charge in [-0.2, -0.15) is 0 Å². The zero-order valence-corrected chi connectivity index (χ0v) is 6.61. The number of amidine groups is 2. The molecule has 2 aliphatic heterocycles. The van der Waals surface area contributed by atoms with E-state index in [9.17, 15) is 9.59 Å². The van der Waals surface area contributed by atoms with Crippen molar-refractivity contribution < 1.29 is 9.59 Å². The molecule has 0 saturated carbocycles. The lowest BCUT2D eigenvalue weighted by Crippen LogP contribution is -2.55. The van der Waals surface area contributed by atoms with Crippen LogP contribution in [0.15, 0.2) is 10.2 Å². The number of hydrogen-bond donors (Lipinski definition) is 4. The smallest absolute Gasteiger partial charge is 0.245 e. The minimum absolute atomic E-state index is 0.0529. The maximum Gasteiger partial charge on any atom is 0.355 e. The van der Waals surface area contributed by atoms with Gasteiger partial charge in [0.1, 0.15) is 0 Å². The van der Waals surface area contributed by atoms with Crippen molar-refractivity contribution in [2.45, 2.75) is 0 Å². The van der Waals surface area contributed by atoms with Crippen LogP contribution in [0.2, 0.25) is 0 Å². The van der Waals surface area contributed by atoms with Gasteiger partial charge in [-0.05, 0) is 0 Å². The Morgan fingerprint density at radius 2 is 1.14 bits per heavy atom. The Labute approximate surface area is 77.1 Å². The summed E-state index contributed by atoms with van der Waals surface area (Å²) in [7, 11) is 0. The summed E-state index contributed by atoms with van der Waals surface area (Å²) in [5.41, 5.74) is 15.5. The average Bonchev–Trinajstić information content (AvgIpc) is 2.21. The lowest BCUT2D eigenvalue weighted by molar-refractivity contribution is 0.235. The lowest BCUT2D eigenvalue weighted by Gasteiger charge is -2.16. The van der Waals surface area contributed by atoms with E-state index >= 15 is 0 Å². The molecule has 2 aliphatic rings. The first-order valence-electron chi connectivity index (χ1n) is 3.45. The van der Waals surface area contributed by atoms with Crippen LogP contribution in [0.1, 0.15) is 0 Å². The van der Waals surface area contributed by atoms with Gasteiger partial charge in [-0.1, -0.05) is 0 Å². The Morgan fingerprint density at radius 3 is 1.43 bits per heavy atom. The first kappa shape index (κ1) is 8.10. The van der Waals surface area contributed by atoms with E-state index in [0.717, 1.165) is 0 Å². The average molecular weight is 196 g/mol. The fourth-order valence-corrected chi connectivity index (χ4v) is 0.715. The molecule has 72 valence electrons. The first-order chi connectivity index (χ1) is 6.75. The predicted octanol–water partition coefficient (Wildman–Crippen LogP) is -2.72. The maximum absolute atomic E-state index is 10.6. The number of nitrogens with zero attached hydrogens (tertiary/aromatic N) is 4. The zero-order chi connectivity index (χ0) is 9.97. The summed E-state index contributed by atoms with van der Waals surface area (Å²) in [5.74, 6) is 0.106. The molecule has 2 heterocycles. The Kier molecular flexibility index (Phi) is 1.78. The molecule has 0 saturated heterocycles. The van der Waals surface area contributed by atoms with Gasteiger partial charge in [0.05, 0.1) is 0 Å². The molecule has 10 nitrogen and oxygen atoms in total. The van der Waals surface area contributed by atoms with E-state index in [1.165, 1.54) is 0 Å². The molecule has 0 spiro atoms. The number of hydrazone groups is 2. The molecule has 0 fully saturated rings. The number of hydrogen-bond acceptors (Lipinski definition) is 4. The van der Waals surface area contributed by atoms with Crippen molar-refractivity contribution >= 4 is 23.7 Å². The molecule has 0 aromatic heterocycles. The van der Waals surface area contributed by atoms with Gasteiger partial charge in [-0.25, -0.2) is 31.3 Å². The number of amides is 4. The van der Waals surface area contributed by atoms with Gasteiger partial charge in [-0.15, -0.1) is 21.1 Å². The Balaban J connectivity index is 2.09. The summed E-state index contributed by atoms with van der Waals surface area (Å²) in [4.78, 5) is 21.1. The SMILES string of the molecule is O=C1N[N]C(C2=NNC(=O)N[N]2)=NN1. The summed E-state index contributed by atoms with van der Waals surface area (Å²) in [6.07, 6.45) is 0. The highest BCUT2D eigenvalue weighted by Crippen LogP contribution is 1.86. The standard InChI is InChI=1S/C4H4N8O2/c13-3-9-5-1(6-10-3)2-7-11-4(14)12-8-2/h(H2,9,10,13)(H2,11,12,14). The van der Waals surface area contributed by atoms with Crippen LogP contribution in [0.25, 0.3) is 0 Å². The molecular weight excluding hydrogens is 192 g/mol. The van der Waals surface area contributed by atoms with Gasteiger partial charge in [0.15, 0.2) is 0 Å². The number of carbonyl (C=O) groups excluding carboxylic acids is 2. The Hall–Kier alpha value is -2.52. The van der Waals surface area contributed by atoms with E-state index in [1.807, 2.05) is 0 Å². The highest BCUT2D eigenvalue weighted by molar-refractivity contribution is 6.40. The molecule has 0 atom stereocenters. The summed E-state index contributed by atoms with van der Waals surface area (Å²) in [6, 6.07) is -1.11. The Bertz CT molecular complexity index is 311. The molecule has 0 aromatic rings. The van der Waals surface area contributed by atoms with Crippen molar-refractivity contribution in [3.63, 3.8) is 0 Å². The number of urea groups is 2. The molecule has 2 radical (unpaired) electrons. The summed E-state index contributed by atoms with van der Waals surface area (Å²) < 4.78 is 0. The predicted molar refractivity (Wildman–Crippen MR) is 42.5 cm³/mol. The van der Waals surface area contributed by atoms with Gasteiger partial charge < -0.3 is 0 Å².